The van der Waals surface area contributed by atoms with E-state index in [2.05, 4.69) is 15.2 Å². The molecule has 0 unspecified atom stereocenters. The molecule has 0 spiro atoms. The van der Waals surface area contributed by atoms with E-state index in [-0.39, 0.29) is 38.9 Å². The topological polar surface area (TPSA) is 89.2 Å². The molecule has 0 bridgehead atoms. The molecule has 28 heavy (non-hydrogen) atoms. The fourth-order valence-corrected chi connectivity index (χ4v) is 3.02. The van der Waals surface area contributed by atoms with E-state index in [9.17, 15) is 23.2 Å². The molecule has 0 atom stereocenters. The Morgan fingerprint density at radius 1 is 1.36 bits per heavy atom. The van der Waals surface area contributed by atoms with Crippen molar-refractivity contribution in [2.45, 2.75) is 19.2 Å². The van der Waals surface area contributed by atoms with Crippen molar-refractivity contribution in [3.8, 4) is 23.3 Å². The number of anilines is 1. The summed E-state index contributed by atoms with van der Waals surface area (Å²) < 4.78 is 47.4. The van der Waals surface area contributed by atoms with Crippen LogP contribution in [0.4, 0.5) is 19.0 Å². The SMILES string of the molecule is CNc1c(OC(=O)C2CC2)c(C#N)nn1-c1c(Cl)cc(OC(F)(F)F)cc1Cl. The van der Waals surface area contributed by atoms with Gasteiger partial charge in [-0.15, -0.1) is 13.2 Å². The lowest BCUT2D eigenvalue weighted by atomic mass is 10.3. The van der Waals surface area contributed by atoms with Gasteiger partial charge in [0.15, 0.2) is 5.82 Å². The predicted octanol–water partition coefficient (Wildman–Crippen LogP) is 4.31. The minimum Gasteiger partial charge on any atom is -0.419 e. The number of carbonyl (C=O) groups is 1. The molecule has 2 aromatic rings. The first-order chi connectivity index (χ1) is 13.1. The zero-order valence-electron chi connectivity index (χ0n) is 14.1. The Morgan fingerprint density at radius 2 is 1.96 bits per heavy atom. The Labute approximate surface area is 166 Å². The number of carbonyl (C=O) groups excluding carboxylic acids is 1. The van der Waals surface area contributed by atoms with Crippen molar-refractivity contribution in [2.75, 3.05) is 12.4 Å². The zero-order valence-corrected chi connectivity index (χ0v) is 15.6. The van der Waals surface area contributed by atoms with Crippen molar-refractivity contribution in [3.05, 3.63) is 27.9 Å². The zero-order chi connectivity index (χ0) is 20.6. The number of hydrogen-bond acceptors (Lipinski definition) is 6. The van der Waals surface area contributed by atoms with Gasteiger partial charge in [-0.1, -0.05) is 23.2 Å². The van der Waals surface area contributed by atoms with Crippen molar-refractivity contribution in [3.63, 3.8) is 0 Å². The highest BCUT2D eigenvalue weighted by Gasteiger charge is 2.35. The summed E-state index contributed by atoms with van der Waals surface area (Å²) in [4.78, 5) is 12.0. The summed E-state index contributed by atoms with van der Waals surface area (Å²) in [6, 6.07) is 3.60. The second kappa shape index (κ2) is 7.41. The number of nitrogens with one attached hydrogen (secondary N) is 1. The summed E-state index contributed by atoms with van der Waals surface area (Å²) in [5.41, 5.74) is -0.242. The molecule has 1 aromatic heterocycles. The van der Waals surface area contributed by atoms with E-state index in [1.54, 1.807) is 6.07 Å². The number of alkyl halides is 3. The van der Waals surface area contributed by atoms with E-state index in [0.717, 1.165) is 16.8 Å². The molecule has 3 rings (SSSR count). The van der Waals surface area contributed by atoms with Gasteiger partial charge in [0.2, 0.25) is 11.4 Å². The minimum atomic E-state index is -4.92. The third kappa shape index (κ3) is 4.10. The van der Waals surface area contributed by atoms with Crippen LogP contribution in [0.25, 0.3) is 5.69 Å². The van der Waals surface area contributed by atoms with Gasteiger partial charge < -0.3 is 14.8 Å². The predicted molar refractivity (Wildman–Crippen MR) is 92.9 cm³/mol. The van der Waals surface area contributed by atoms with Crippen molar-refractivity contribution in [2.24, 2.45) is 5.92 Å². The van der Waals surface area contributed by atoms with Crippen LogP contribution in [0.2, 0.25) is 10.0 Å². The van der Waals surface area contributed by atoms with Crippen LogP contribution in [0.5, 0.6) is 11.5 Å². The van der Waals surface area contributed by atoms with Crippen LogP contribution in [0.15, 0.2) is 12.1 Å². The number of halogens is 5. The fraction of sp³-hybridized carbons (Fsp3) is 0.312. The van der Waals surface area contributed by atoms with Gasteiger partial charge in [-0.3, -0.25) is 4.79 Å². The first kappa shape index (κ1) is 20.1. The number of aromatic nitrogens is 2. The standard InChI is InChI=1S/C16H11Cl2F3N4O3/c1-23-14-13(27-15(26)7-2-3-7)11(6-22)24-25(14)12-9(17)4-8(5-10(12)18)28-16(19,20)21/h4-5,7,23H,2-3H2,1H3. The van der Waals surface area contributed by atoms with Crippen molar-refractivity contribution < 1.29 is 27.4 Å². The molecule has 7 nitrogen and oxygen atoms in total. The summed E-state index contributed by atoms with van der Waals surface area (Å²) in [6.07, 6.45) is -3.53. The molecule has 0 aliphatic heterocycles. The first-order valence-corrected chi connectivity index (χ1v) is 8.58. The van der Waals surface area contributed by atoms with Gasteiger partial charge in [-0.25, -0.2) is 4.68 Å². The maximum absolute atomic E-state index is 12.4. The van der Waals surface area contributed by atoms with Crippen molar-refractivity contribution in [1.82, 2.24) is 9.78 Å². The lowest BCUT2D eigenvalue weighted by Gasteiger charge is -2.14. The van der Waals surface area contributed by atoms with Crippen molar-refractivity contribution in [1.29, 1.82) is 5.26 Å². The van der Waals surface area contributed by atoms with Crippen LogP contribution in [-0.2, 0) is 4.79 Å². The number of benzene rings is 1. The Hall–Kier alpha value is -2.64. The van der Waals surface area contributed by atoms with Gasteiger partial charge in [0.1, 0.15) is 17.5 Å². The van der Waals surface area contributed by atoms with Crippen molar-refractivity contribution >= 4 is 35.0 Å². The highest BCUT2D eigenvalue weighted by atomic mass is 35.5. The average molecular weight is 435 g/mol. The van der Waals surface area contributed by atoms with Crippen LogP contribution in [-0.4, -0.2) is 29.2 Å². The monoisotopic (exact) mass is 434 g/mol. The van der Waals surface area contributed by atoms with Crippen LogP contribution < -0.4 is 14.8 Å². The maximum atomic E-state index is 12.4. The van der Waals surface area contributed by atoms with E-state index in [1.165, 1.54) is 7.05 Å². The Kier molecular flexibility index (Phi) is 5.32. The molecule has 1 saturated carbocycles. The highest BCUT2D eigenvalue weighted by Crippen LogP contribution is 2.40. The largest absolute Gasteiger partial charge is 0.573 e. The van der Waals surface area contributed by atoms with Gasteiger partial charge >= 0.3 is 12.3 Å². The van der Waals surface area contributed by atoms with Gasteiger partial charge in [-0.2, -0.15) is 10.4 Å². The van der Waals surface area contributed by atoms with E-state index < -0.39 is 18.1 Å². The van der Waals surface area contributed by atoms with Gasteiger partial charge in [-0.05, 0) is 12.8 Å². The van der Waals surface area contributed by atoms with E-state index >= 15 is 0 Å². The van der Waals surface area contributed by atoms with Gasteiger partial charge in [0, 0.05) is 19.2 Å². The third-order valence-electron chi connectivity index (χ3n) is 3.73. The van der Waals surface area contributed by atoms with E-state index in [0.29, 0.717) is 12.8 Å². The molecule has 1 N–H and O–H groups in total. The summed E-state index contributed by atoms with van der Waals surface area (Å²) in [7, 11) is 1.48. The Balaban J connectivity index is 2.07. The third-order valence-corrected chi connectivity index (χ3v) is 4.31. The molecular formula is C16H11Cl2F3N4O3. The first-order valence-electron chi connectivity index (χ1n) is 7.82. The molecule has 1 aromatic carbocycles. The lowest BCUT2D eigenvalue weighted by molar-refractivity contribution is -0.274. The average Bonchev–Trinajstić information content (AvgIpc) is 3.37. The molecule has 1 aliphatic rings. The molecule has 148 valence electrons. The number of hydrogen-bond donors (Lipinski definition) is 1. The second-order valence-electron chi connectivity index (χ2n) is 5.78. The van der Waals surface area contributed by atoms with Gasteiger partial charge in [0.25, 0.3) is 0 Å². The number of rotatable bonds is 5. The summed E-state index contributed by atoms with van der Waals surface area (Å²) in [6.45, 7) is 0. The van der Waals surface area contributed by atoms with E-state index in [1.807, 2.05) is 0 Å². The number of ether oxygens (including phenoxy) is 2. The molecule has 0 saturated heterocycles. The van der Waals surface area contributed by atoms with Gasteiger partial charge in [0.05, 0.1) is 16.0 Å². The second-order valence-corrected chi connectivity index (χ2v) is 6.59. The molecule has 0 amide bonds. The van der Waals surface area contributed by atoms with Crippen LogP contribution in [0.3, 0.4) is 0 Å². The normalized spacial score (nSPS) is 13.8. The summed E-state index contributed by atoms with van der Waals surface area (Å²) in [5, 5.41) is 15.6. The maximum Gasteiger partial charge on any atom is 0.573 e. The molecule has 1 heterocycles. The summed E-state index contributed by atoms with van der Waals surface area (Å²) >= 11 is 12.2. The number of nitriles is 1. The Bertz CT molecular complexity index is 958. The minimum absolute atomic E-state index is 0.0209. The molecule has 1 aliphatic carbocycles. The van der Waals surface area contributed by atoms with Crippen LogP contribution in [0, 0.1) is 17.2 Å². The highest BCUT2D eigenvalue weighted by molar-refractivity contribution is 6.38. The number of nitrogens with zero attached hydrogens (tertiary/aromatic N) is 3. The summed E-state index contributed by atoms with van der Waals surface area (Å²) in [5.74, 6) is -1.39. The Morgan fingerprint density at radius 3 is 2.43 bits per heavy atom. The lowest BCUT2D eigenvalue weighted by Crippen LogP contribution is -2.17. The molecular weight excluding hydrogens is 424 g/mol. The fourth-order valence-electron chi connectivity index (χ4n) is 2.39. The molecule has 1 fully saturated rings. The van der Waals surface area contributed by atoms with Crippen LogP contribution >= 0.6 is 23.2 Å². The quantitative estimate of drug-likeness (QED) is 0.705. The number of esters is 1. The molecule has 12 heteroatoms. The molecule has 0 radical (unpaired) electrons. The van der Waals surface area contributed by atoms with E-state index in [4.69, 9.17) is 27.9 Å². The van der Waals surface area contributed by atoms with Crippen LogP contribution in [0.1, 0.15) is 18.5 Å². The smallest absolute Gasteiger partial charge is 0.419 e.